The molecule has 120 valence electrons. The molecule has 0 bridgehead atoms. The van der Waals surface area contributed by atoms with Crippen molar-refractivity contribution in [2.75, 3.05) is 0 Å². The SMILES string of the molecule is C#CCC(CC(F)(F)F)NC(=O)c1ccnc(-c2ncc[nH]2)c1. The first-order valence-electron chi connectivity index (χ1n) is 6.66. The lowest BCUT2D eigenvalue weighted by Crippen LogP contribution is -2.38. The third kappa shape index (κ3) is 4.85. The number of rotatable bonds is 5. The molecule has 8 heteroatoms. The second kappa shape index (κ2) is 6.96. The normalized spacial score (nSPS) is 12.4. The maximum Gasteiger partial charge on any atom is 0.391 e. The van der Waals surface area contributed by atoms with Crippen molar-refractivity contribution in [3.63, 3.8) is 0 Å². The Labute approximate surface area is 130 Å². The van der Waals surface area contributed by atoms with Crippen molar-refractivity contribution in [2.24, 2.45) is 0 Å². The zero-order valence-corrected chi connectivity index (χ0v) is 11.9. The summed E-state index contributed by atoms with van der Waals surface area (Å²) in [5.74, 6) is 1.94. The minimum Gasteiger partial charge on any atom is -0.348 e. The Kier molecular flexibility index (Phi) is 5.01. The van der Waals surface area contributed by atoms with E-state index in [9.17, 15) is 18.0 Å². The van der Waals surface area contributed by atoms with E-state index in [2.05, 4.69) is 26.2 Å². The zero-order chi connectivity index (χ0) is 16.9. The fourth-order valence-electron chi connectivity index (χ4n) is 1.97. The summed E-state index contributed by atoms with van der Waals surface area (Å²) in [6.45, 7) is 0. The van der Waals surface area contributed by atoms with Crippen molar-refractivity contribution in [1.82, 2.24) is 20.3 Å². The van der Waals surface area contributed by atoms with Crippen LogP contribution >= 0.6 is 0 Å². The Bertz CT molecular complexity index is 704. The van der Waals surface area contributed by atoms with E-state index >= 15 is 0 Å². The molecule has 0 aliphatic rings. The summed E-state index contributed by atoms with van der Waals surface area (Å²) >= 11 is 0. The van der Waals surface area contributed by atoms with Crippen LogP contribution in [0.2, 0.25) is 0 Å². The highest BCUT2D eigenvalue weighted by Crippen LogP contribution is 2.23. The Morgan fingerprint density at radius 2 is 2.17 bits per heavy atom. The van der Waals surface area contributed by atoms with Gasteiger partial charge in [-0.05, 0) is 12.1 Å². The maximum absolute atomic E-state index is 12.5. The number of alkyl halides is 3. The molecule has 2 heterocycles. The average Bonchev–Trinajstić information content (AvgIpc) is 3.00. The average molecular weight is 322 g/mol. The Hall–Kier alpha value is -2.82. The van der Waals surface area contributed by atoms with Gasteiger partial charge in [0.05, 0.1) is 6.42 Å². The number of halogens is 3. The number of aromatic nitrogens is 3. The minimum atomic E-state index is -4.41. The Morgan fingerprint density at radius 1 is 1.39 bits per heavy atom. The van der Waals surface area contributed by atoms with Crippen LogP contribution in [0.4, 0.5) is 13.2 Å². The van der Waals surface area contributed by atoms with Gasteiger partial charge in [-0.15, -0.1) is 12.3 Å². The largest absolute Gasteiger partial charge is 0.391 e. The van der Waals surface area contributed by atoms with Gasteiger partial charge < -0.3 is 10.3 Å². The number of aromatic amines is 1. The number of carbonyl (C=O) groups excluding carboxylic acids is 1. The van der Waals surface area contributed by atoms with Crippen LogP contribution < -0.4 is 5.32 Å². The van der Waals surface area contributed by atoms with Gasteiger partial charge in [0.15, 0.2) is 5.82 Å². The highest BCUT2D eigenvalue weighted by atomic mass is 19.4. The first-order chi connectivity index (χ1) is 10.9. The summed E-state index contributed by atoms with van der Waals surface area (Å²) in [6, 6.07) is 1.67. The van der Waals surface area contributed by atoms with Crippen LogP contribution in [0.15, 0.2) is 30.7 Å². The summed E-state index contributed by atoms with van der Waals surface area (Å²) < 4.78 is 37.5. The third-order valence-corrected chi connectivity index (χ3v) is 2.94. The van der Waals surface area contributed by atoms with Gasteiger partial charge in [-0.1, -0.05) is 0 Å². The molecule has 2 N–H and O–H groups in total. The number of pyridine rings is 1. The number of hydrogen-bond acceptors (Lipinski definition) is 3. The van der Waals surface area contributed by atoms with Crippen LogP contribution in [-0.2, 0) is 0 Å². The van der Waals surface area contributed by atoms with Crippen molar-refractivity contribution in [2.45, 2.75) is 25.1 Å². The first-order valence-corrected chi connectivity index (χ1v) is 6.66. The van der Waals surface area contributed by atoms with E-state index in [-0.39, 0.29) is 12.0 Å². The molecule has 2 aromatic heterocycles. The summed E-state index contributed by atoms with van der Waals surface area (Å²) in [5, 5.41) is 2.30. The van der Waals surface area contributed by atoms with Crippen molar-refractivity contribution >= 4 is 5.91 Å². The van der Waals surface area contributed by atoms with Crippen LogP contribution in [0.5, 0.6) is 0 Å². The van der Waals surface area contributed by atoms with E-state index in [1.54, 1.807) is 6.20 Å². The molecule has 1 unspecified atom stereocenters. The molecule has 1 atom stereocenters. The van der Waals surface area contributed by atoms with E-state index in [1.807, 2.05) is 0 Å². The number of amides is 1. The third-order valence-electron chi connectivity index (χ3n) is 2.94. The molecule has 0 fully saturated rings. The molecular formula is C15H13F3N4O. The number of nitrogens with zero attached hydrogens (tertiary/aromatic N) is 2. The van der Waals surface area contributed by atoms with E-state index < -0.39 is 24.5 Å². The van der Waals surface area contributed by atoms with Crippen LogP contribution in [0, 0.1) is 12.3 Å². The first kappa shape index (κ1) is 16.5. The monoisotopic (exact) mass is 322 g/mol. The number of carbonyl (C=O) groups is 1. The number of hydrogen-bond donors (Lipinski definition) is 2. The van der Waals surface area contributed by atoms with Crippen molar-refractivity contribution < 1.29 is 18.0 Å². The molecule has 5 nitrogen and oxygen atoms in total. The second-order valence-corrected chi connectivity index (χ2v) is 4.77. The van der Waals surface area contributed by atoms with E-state index in [4.69, 9.17) is 6.42 Å². The maximum atomic E-state index is 12.5. The topological polar surface area (TPSA) is 70.7 Å². The molecule has 2 aromatic rings. The predicted molar refractivity (Wildman–Crippen MR) is 77.2 cm³/mol. The highest BCUT2D eigenvalue weighted by molar-refractivity contribution is 5.95. The van der Waals surface area contributed by atoms with Gasteiger partial charge in [0.25, 0.3) is 5.91 Å². The van der Waals surface area contributed by atoms with Gasteiger partial charge in [-0.3, -0.25) is 9.78 Å². The summed E-state index contributed by atoms with van der Waals surface area (Å²) in [6.07, 6.45) is 3.76. The molecule has 23 heavy (non-hydrogen) atoms. The van der Waals surface area contributed by atoms with E-state index in [0.717, 1.165) is 0 Å². The number of H-pyrrole nitrogens is 1. The fraction of sp³-hybridized carbons (Fsp3) is 0.267. The molecule has 0 saturated heterocycles. The Morgan fingerprint density at radius 3 is 2.78 bits per heavy atom. The quantitative estimate of drug-likeness (QED) is 0.831. The van der Waals surface area contributed by atoms with Gasteiger partial charge in [-0.2, -0.15) is 13.2 Å². The van der Waals surface area contributed by atoms with Gasteiger partial charge in [0.2, 0.25) is 0 Å². The molecule has 0 aromatic carbocycles. The zero-order valence-electron chi connectivity index (χ0n) is 11.9. The van der Waals surface area contributed by atoms with Crippen molar-refractivity contribution in [1.29, 1.82) is 0 Å². The summed E-state index contributed by atoms with van der Waals surface area (Å²) in [4.78, 5) is 23.0. The van der Waals surface area contributed by atoms with E-state index in [0.29, 0.717) is 11.5 Å². The lowest BCUT2D eigenvalue weighted by molar-refractivity contribution is -0.139. The molecule has 0 aliphatic carbocycles. The van der Waals surface area contributed by atoms with Crippen LogP contribution in [-0.4, -0.2) is 33.1 Å². The van der Waals surface area contributed by atoms with Crippen molar-refractivity contribution in [3.8, 4) is 23.9 Å². The number of terminal acetylenes is 1. The van der Waals surface area contributed by atoms with Gasteiger partial charge in [0.1, 0.15) is 5.69 Å². The summed E-state index contributed by atoms with van der Waals surface area (Å²) in [5.41, 5.74) is 0.586. The van der Waals surface area contributed by atoms with Crippen molar-refractivity contribution in [3.05, 3.63) is 36.3 Å². The lowest BCUT2D eigenvalue weighted by Gasteiger charge is -2.18. The minimum absolute atomic E-state index is 0.176. The molecule has 0 radical (unpaired) electrons. The standard InChI is InChI=1S/C15H13F3N4O/c1-2-3-11(9-15(16,17)18)22-14(23)10-4-5-19-12(8-10)13-20-6-7-21-13/h1,4-8,11H,3,9H2,(H,20,21)(H,22,23). The molecule has 0 aliphatic heterocycles. The molecule has 0 saturated carbocycles. The predicted octanol–water partition coefficient (Wildman–Crippen LogP) is 2.55. The molecule has 2 rings (SSSR count). The van der Waals surface area contributed by atoms with Crippen LogP contribution in [0.3, 0.4) is 0 Å². The number of imidazole rings is 1. The fourth-order valence-corrected chi connectivity index (χ4v) is 1.97. The lowest BCUT2D eigenvalue weighted by atomic mass is 10.1. The second-order valence-electron chi connectivity index (χ2n) is 4.77. The molecule has 0 spiro atoms. The van der Waals surface area contributed by atoms with Crippen LogP contribution in [0.25, 0.3) is 11.5 Å². The number of nitrogens with one attached hydrogen (secondary N) is 2. The Balaban J connectivity index is 2.13. The van der Waals surface area contributed by atoms with Crippen LogP contribution in [0.1, 0.15) is 23.2 Å². The highest BCUT2D eigenvalue weighted by Gasteiger charge is 2.32. The molecule has 1 amide bonds. The van der Waals surface area contributed by atoms with E-state index in [1.165, 1.54) is 24.5 Å². The smallest absolute Gasteiger partial charge is 0.348 e. The molecular weight excluding hydrogens is 309 g/mol. The van der Waals surface area contributed by atoms with Gasteiger partial charge in [-0.25, -0.2) is 4.98 Å². The van der Waals surface area contributed by atoms with Gasteiger partial charge >= 0.3 is 6.18 Å². The van der Waals surface area contributed by atoms with Gasteiger partial charge in [0, 0.05) is 36.6 Å². The summed E-state index contributed by atoms with van der Waals surface area (Å²) in [7, 11) is 0.